The maximum atomic E-state index is 10.3. The number of aldehydes is 1. The smallest absolute Gasteiger partial charge is 0.168 e. The number of rotatable bonds is 2. The number of carbonyl (C=O) groups excluding carboxylic acids is 1. The third-order valence-corrected chi connectivity index (χ3v) is 1.35. The molecule has 0 amide bonds. The minimum absolute atomic E-state index is 0.229. The van der Waals surface area contributed by atoms with Gasteiger partial charge in [-0.3, -0.25) is 4.79 Å². The Balaban J connectivity index is 3.21. The van der Waals surface area contributed by atoms with Crippen LogP contribution in [-0.2, 0) is 0 Å². The van der Waals surface area contributed by atoms with Gasteiger partial charge in [-0.05, 0) is 6.07 Å². The van der Waals surface area contributed by atoms with E-state index in [1.54, 1.807) is 0 Å². The summed E-state index contributed by atoms with van der Waals surface area (Å²) in [5, 5.41) is 8.60. The van der Waals surface area contributed by atoms with E-state index in [2.05, 4.69) is 4.98 Å². The fourth-order valence-electron chi connectivity index (χ4n) is 0.773. The quantitative estimate of drug-likeness (QED) is 0.602. The largest absolute Gasteiger partial charge is 0.494 e. The summed E-state index contributed by atoms with van der Waals surface area (Å²) in [6.45, 7) is 0. The highest BCUT2D eigenvalue weighted by molar-refractivity contribution is 5.73. The van der Waals surface area contributed by atoms with Crippen LogP contribution in [0.25, 0.3) is 0 Å². The normalized spacial score (nSPS) is 8.67. The summed E-state index contributed by atoms with van der Waals surface area (Å²) >= 11 is 0. The molecule has 4 heteroatoms. The van der Waals surface area contributed by atoms with Crippen LogP contribution >= 0.6 is 0 Å². The summed E-state index contributed by atoms with van der Waals surface area (Å²) in [4.78, 5) is 14.0. The van der Waals surface area contributed by atoms with E-state index in [0.717, 1.165) is 0 Å². The lowest BCUT2D eigenvalue weighted by atomic mass is 10.2. The first kappa shape index (κ1) is 8.21. The van der Waals surface area contributed by atoms with Gasteiger partial charge >= 0.3 is 0 Å². The van der Waals surface area contributed by atoms with Crippen LogP contribution in [0.5, 0.6) is 5.75 Å². The van der Waals surface area contributed by atoms with Gasteiger partial charge in [-0.15, -0.1) is 0 Å². The van der Waals surface area contributed by atoms with Crippen molar-refractivity contribution in [3.8, 4) is 11.8 Å². The molecule has 0 saturated heterocycles. The lowest BCUT2D eigenvalue weighted by molar-refractivity contribution is 0.111. The van der Waals surface area contributed by atoms with E-state index in [4.69, 9.17) is 10.00 Å². The zero-order chi connectivity index (χ0) is 8.97. The molecule has 0 N–H and O–H groups in total. The fraction of sp³-hybridized carbons (Fsp3) is 0.125. The maximum absolute atomic E-state index is 10.3. The molecule has 1 aromatic rings. The predicted molar refractivity (Wildman–Crippen MR) is 40.9 cm³/mol. The van der Waals surface area contributed by atoms with E-state index in [9.17, 15) is 4.79 Å². The second-order valence-electron chi connectivity index (χ2n) is 2.04. The number of hydrogen-bond donors (Lipinski definition) is 0. The van der Waals surface area contributed by atoms with Gasteiger partial charge < -0.3 is 4.74 Å². The molecule has 4 nitrogen and oxygen atoms in total. The molecule has 0 aliphatic rings. The van der Waals surface area contributed by atoms with Gasteiger partial charge in [0.25, 0.3) is 0 Å². The zero-order valence-corrected chi connectivity index (χ0v) is 6.44. The van der Waals surface area contributed by atoms with Crippen molar-refractivity contribution < 1.29 is 9.53 Å². The molecule has 0 aliphatic heterocycles. The SMILES string of the molecule is COc1cnc(C=O)cc1C#N. The molecule has 0 saturated carbocycles. The Labute approximate surface area is 69.4 Å². The Bertz CT molecular complexity index is 341. The molecular formula is C8H6N2O2. The van der Waals surface area contributed by atoms with Crippen molar-refractivity contribution in [3.63, 3.8) is 0 Å². The van der Waals surface area contributed by atoms with E-state index in [0.29, 0.717) is 17.6 Å². The number of pyridine rings is 1. The number of nitrogens with zero attached hydrogens (tertiary/aromatic N) is 2. The molecule has 0 aromatic carbocycles. The molecule has 0 fully saturated rings. The average molecular weight is 162 g/mol. The summed E-state index contributed by atoms with van der Waals surface area (Å²) in [5.41, 5.74) is 0.543. The first-order chi connectivity index (χ1) is 5.81. The predicted octanol–water partition coefficient (Wildman–Crippen LogP) is 0.774. The Hall–Kier alpha value is -1.89. The highest BCUT2D eigenvalue weighted by Crippen LogP contribution is 2.15. The summed E-state index contributed by atoms with van der Waals surface area (Å²) in [7, 11) is 1.44. The average Bonchev–Trinajstić information content (AvgIpc) is 2.16. The molecule has 1 heterocycles. The molecule has 0 bridgehead atoms. The van der Waals surface area contributed by atoms with Crippen LogP contribution in [0.1, 0.15) is 16.1 Å². The first-order valence-electron chi connectivity index (χ1n) is 3.21. The molecular weight excluding hydrogens is 156 g/mol. The van der Waals surface area contributed by atoms with Crippen LogP contribution < -0.4 is 4.74 Å². The third kappa shape index (κ3) is 1.40. The van der Waals surface area contributed by atoms with Crippen LogP contribution in [-0.4, -0.2) is 18.4 Å². The summed E-state index contributed by atoms with van der Waals surface area (Å²) in [5.74, 6) is 0.378. The minimum Gasteiger partial charge on any atom is -0.494 e. The highest BCUT2D eigenvalue weighted by Gasteiger charge is 2.03. The van der Waals surface area contributed by atoms with Crippen molar-refractivity contribution in [2.24, 2.45) is 0 Å². The number of hydrogen-bond acceptors (Lipinski definition) is 4. The van der Waals surface area contributed by atoms with Crippen molar-refractivity contribution in [3.05, 3.63) is 23.5 Å². The summed E-state index contributed by atoms with van der Waals surface area (Å²) in [6.07, 6.45) is 1.93. The van der Waals surface area contributed by atoms with Crippen molar-refractivity contribution in [1.29, 1.82) is 5.26 Å². The van der Waals surface area contributed by atoms with Gasteiger partial charge in [0.2, 0.25) is 0 Å². The van der Waals surface area contributed by atoms with Crippen molar-refractivity contribution in [2.45, 2.75) is 0 Å². The lowest BCUT2D eigenvalue weighted by Crippen LogP contribution is -1.93. The molecule has 1 rings (SSSR count). The summed E-state index contributed by atoms with van der Waals surface area (Å²) in [6, 6.07) is 3.28. The van der Waals surface area contributed by atoms with Gasteiger partial charge in [0, 0.05) is 0 Å². The second-order valence-corrected chi connectivity index (χ2v) is 2.04. The van der Waals surface area contributed by atoms with Gasteiger partial charge in [0.1, 0.15) is 11.8 Å². The number of aromatic nitrogens is 1. The minimum atomic E-state index is 0.229. The molecule has 0 spiro atoms. The van der Waals surface area contributed by atoms with Crippen LogP contribution in [0.15, 0.2) is 12.3 Å². The monoisotopic (exact) mass is 162 g/mol. The molecule has 0 atom stereocenters. The Morgan fingerprint density at radius 2 is 2.50 bits per heavy atom. The number of methoxy groups -OCH3 is 1. The van der Waals surface area contributed by atoms with E-state index in [1.165, 1.54) is 19.4 Å². The standard InChI is InChI=1S/C8H6N2O2/c1-12-8-4-10-7(5-11)2-6(8)3-9/h2,4-5H,1H3. The molecule has 60 valence electrons. The fourth-order valence-corrected chi connectivity index (χ4v) is 0.773. The van der Waals surface area contributed by atoms with Gasteiger partial charge in [-0.1, -0.05) is 0 Å². The molecule has 1 aromatic heterocycles. The Kier molecular flexibility index (Phi) is 2.38. The van der Waals surface area contributed by atoms with Crippen LogP contribution in [0, 0.1) is 11.3 Å². The van der Waals surface area contributed by atoms with Crippen LogP contribution in [0.3, 0.4) is 0 Å². The number of nitriles is 1. The van der Waals surface area contributed by atoms with E-state index in [-0.39, 0.29) is 5.69 Å². The Morgan fingerprint density at radius 1 is 1.75 bits per heavy atom. The van der Waals surface area contributed by atoms with Gasteiger partial charge in [0.15, 0.2) is 12.0 Å². The van der Waals surface area contributed by atoms with Crippen LogP contribution in [0.4, 0.5) is 0 Å². The molecule has 0 radical (unpaired) electrons. The molecule has 0 unspecified atom stereocenters. The van der Waals surface area contributed by atoms with Crippen molar-refractivity contribution in [1.82, 2.24) is 4.98 Å². The molecule has 0 aliphatic carbocycles. The lowest BCUT2D eigenvalue weighted by Gasteiger charge is -2.00. The first-order valence-corrected chi connectivity index (χ1v) is 3.21. The maximum Gasteiger partial charge on any atom is 0.168 e. The Morgan fingerprint density at radius 3 is 3.00 bits per heavy atom. The van der Waals surface area contributed by atoms with E-state index >= 15 is 0 Å². The number of ether oxygens (including phenoxy) is 1. The van der Waals surface area contributed by atoms with Gasteiger partial charge in [-0.25, -0.2) is 4.98 Å². The van der Waals surface area contributed by atoms with Crippen molar-refractivity contribution >= 4 is 6.29 Å². The van der Waals surface area contributed by atoms with E-state index < -0.39 is 0 Å². The van der Waals surface area contributed by atoms with Gasteiger partial charge in [0.05, 0.1) is 18.9 Å². The summed E-state index contributed by atoms with van der Waals surface area (Å²) < 4.78 is 4.83. The van der Waals surface area contributed by atoms with E-state index in [1.807, 2.05) is 6.07 Å². The number of carbonyl (C=O) groups is 1. The van der Waals surface area contributed by atoms with Gasteiger partial charge in [-0.2, -0.15) is 5.26 Å². The molecule has 12 heavy (non-hydrogen) atoms. The zero-order valence-electron chi connectivity index (χ0n) is 6.44. The van der Waals surface area contributed by atoms with Crippen molar-refractivity contribution in [2.75, 3.05) is 7.11 Å². The second kappa shape index (κ2) is 3.49. The third-order valence-electron chi connectivity index (χ3n) is 1.35. The topological polar surface area (TPSA) is 63.0 Å². The van der Waals surface area contributed by atoms with Crippen LogP contribution in [0.2, 0.25) is 0 Å². The highest BCUT2D eigenvalue weighted by atomic mass is 16.5.